The van der Waals surface area contributed by atoms with Gasteiger partial charge in [-0.15, -0.1) is 0 Å². The Kier molecular flexibility index (Phi) is 9.15. The normalized spacial score (nSPS) is 16.1. The van der Waals surface area contributed by atoms with Gasteiger partial charge in [-0.05, 0) is 48.9 Å². The van der Waals surface area contributed by atoms with E-state index in [1.54, 1.807) is 30.5 Å². The number of hydrogen-bond acceptors (Lipinski definition) is 8. The van der Waals surface area contributed by atoms with Crippen LogP contribution in [0, 0.1) is 0 Å². The molecule has 204 valence electrons. The van der Waals surface area contributed by atoms with E-state index >= 15 is 0 Å². The molecule has 2 amide bonds. The minimum atomic E-state index is -0.574. The first kappa shape index (κ1) is 27.6. The molecular weight excluding hydrogens is 522 g/mol. The van der Waals surface area contributed by atoms with Crippen molar-refractivity contribution in [1.82, 2.24) is 15.3 Å². The quantitative estimate of drug-likeness (QED) is 0.0890. The standard InChI is InChI=1S/C26H30ClN9O3/c1-30-18-6-7-19-20(12-18)33-24(37)3-2-10-39-14-22(26-31-13-21(19)35-26)34-25(38)9-4-16-11-17(27)5-8-23(16)36(29)15-32-28/h4-9,11-13,15,22,30H,2-3,10,14,28-29H2,1H3,(H,31,35)(H,33,37)(H,34,38)/b9-4+,32-15-. The minimum Gasteiger partial charge on any atom is -0.388 e. The lowest BCUT2D eigenvalue weighted by Crippen LogP contribution is -2.31. The van der Waals surface area contributed by atoms with Crippen molar-refractivity contribution >= 4 is 52.9 Å². The number of carbonyl (C=O) groups is 2. The lowest BCUT2D eigenvalue weighted by atomic mass is 10.1. The van der Waals surface area contributed by atoms with Crippen LogP contribution in [0.25, 0.3) is 17.3 Å². The van der Waals surface area contributed by atoms with Crippen LogP contribution in [0.1, 0.15) is 30.3 Å². The maximum absolute atomic E-state index is 13.0. The van der Waals surface area contributed by atoms with Crippen LogP contribution in [-0.4, -0.2) is 48.4 Å². The zero-order valence-electron chi connectivity index (χ0n) is 21.3. The Labute approximate surface area is 230 Å². The first-order valence-electron chi connectivity index (χ1n) is 12.2. The average molecular weight is 552 g/mol. The monoisotopic (exact) mass is 551 g/mol. The molecule has 39 heavy (non-hydrogen) atoms. The number of nitrogens with one attached hydrogen (secondary N) is 4. The predicted octanol–water partition coefficient (Wildman–Crippen LogP) is 2.97. The summed E-state index contributed by atoms with van der Waals surface area (Å²) in [6.07, 6.45) is 6.67. The van der Waals surface area contributed by atoms with Crippen LogP contribution in [0.2, 0.25) is 5.02 Å². The van der Waals surface area contributed by atoms with E-state index in [-0.39, 0.29) is 18.4 Å². The highest BCUT2D eigenvalue weighted by Gasteiger charge is 2.20. The highest BCUT2D eigenvalue weighted by Crippen LogP contribution is 2.31. The zero-order chi connectivity index (χ0) is 27.8. The summed E-state index contributed by atoms with van der Waals surface area (Å²) >= 11 is 6.15. The largest absolute Gasteiger partial charge is 0.388 e. The molecule has 0 saturated heterocycles. The number of hydrazine groups is 1. The number of H-pyrrole nitrogens is 1. The van der Waals surface area contributed by atoms with Gasteiger partial charge in [-0.25, -0.2) is 10.8 Å². The Hall–Kier alpha value is -4.39. The summed E-state index contributed by atoms with van der Waals surface area (Å²) in [5.41, 5.74) is 4.09. The number of amides is 2. The number of ether oxygens (including phenoxy) is 1. The number of hydrazone groups is 1. The van der Waals surface area contributed by atoms with Gasteiger partial charge in [0.25, 0.3) is 0 Å². The number of aromatic nitrogens is 2. The van der Waals surface area contributed by atoms with Gasteiger partial charge in [-0.1, -0.05) is 11.6 Å². The molecule has 1 aliphatic heterocycles. The van der Waals surface area contributed by atoms with Crippen molar-refractivity contribution in [2.75, 3.05) is 35.9 Å². The lowest BCUT2D eigenvalue weighted by Gasteiger charge is -2.17. The number of carbonyl (C=O) groups excluding carboxylic acids is 2. The van der Waals surface area contributed by atoms with Crippen LogP contribution in [0.4, 0.5) is 17.1 Å². The maximum Gasteiger partial charge on any atom is 0.244 e. The maximum atomic E-state index is 13.0. The number of rotatable bonds is 6. The summed E-state index contributed by atoms with van der Waals surface area (Å²) in [6, 6.07) is 10.1. The van der Waals surface area contributed by atoms with E-state index in [0.29, 0.717) is 52.9 Å². The molecule has 0 fully saturated rings. The van der Waals surface area contributed by atoms with Crippen molar-refractivity contribution in [3.63, 3.8) is 0 Å². The molecule has 2 heterocycles. The fourth-order valence-corrected chi connectivity index (χ4v) is 4.22. The van der Waals surface area contributed by atoms with Gasteiger partial charge in [0.1, 0.15) is 18.2 Å². The van der Waals surface area contributed by atoms with E-state index in [9.17, 15) is 9.59 Å². The van der Waals surface area contributed by atoms with Gasteiger partial charge in [0, 0.05) is 48.0 Å². The number of fused-ring (bicyclic) bond motifs is 4. The Balaban J connectivity index is 1.58. The second-order valence-corrected chi connectivity index (χ2v) is 9.13. The second-order valence-electron chi connectivity index (χ2n) is 8.69. The van der Waals surface area contributed by atoms with E-state index < -0.39 is 6.04 Å². The second kappa shape index (κ2) is 12.9. The van der Waals surface area contributed by atoms with E-state index in [1.807, 2.05) is 25.2 Å². The van der Waals surface area contributed by atoms with Crippen LogP contribution in [0.15, 0.2) is 53.8 Å². The van der Waals surface area contributed by atoms with Crippen molar-refractivity contribution in [3.05, 3.63) is 65.1 Å². The number of hydrogen-bond donors (Lipinski definition) is 6. The summed E-state index contributed by atoms with van der Waals surface area (Å²) in [5, 5.41) is 14.1. The molecule has 3 aromatic rings. The molecule has 4 rings (SSSR count). The molecule has 2 bridgehead atoms. The smallest absolute Gasteiger partial charge is 0.244 e. The summed E-state index contributed by atoms with van der Waals surface area (Å²) in [4.78, 5) is 33.2. The molecule has 0 spiro atoms. The Morgan fingerprint density at radius 1 is 1.31 bits per heavy atom. The summed E-state index contributed by atoms with van der Waals surface area (Å²) in [6.45, 7) is 0.499. The molecule has 1 aliphatic rings. The van der Waals surface area contributed by atoms with Crippen LogP contribution < -0.4 is 32.6 Å². The van der Waals surface area contributed by atoms with E-state index in [4.69, 9.17) is 28.0 Å². The van der Waals surface area contributed by atoms with Crippen LogP contribution in [0.5, 0.6) is 0 Å². The highest BCUT2D eigenvalue weighted by atomic mass is 35.5. The SMILES string of the molecule is CNc1ccc2c(c1)NC(=O)CCCOCC(NC(=O)/C=C/c1cc(Cl)ccc1N(N)/C=N\N)c1ncc-2[nH]1. The van der Waals surface area contributed by atoms with Crippen LogP contribution in [0.3, 0.4) is 0 Å². The number of nitrogens with two attached hydrogens (primary N) is 2. The number of nitrogens with zero attached hydrogens (tertiary/aromatic N) is 3. The van der Waals surface area contributed by atoms with Crippen molar-refractivity contribution in [2.24, 2.45) is 16.8 Å². The summed E-state index contributed by atoms with van der Waals surface area (Å²) in [5.74, 6) is 11.2. The number of halogens is 1. The van der Waals surface area contributed by atoms with Gasteiger partial charge >= 0.3 is 0 Å². The number of imidazole rings is 1. The summed E-state index contributed by atoms with van der Waals surface area (Å²) in [7, 11) is 1.81. The van der Waals surface area contributed by atoms with E-state index in [1.165, 1.54) is 17.4 Å². The first-order valence-corrected chi connectivity index (χ1v) is 12.6. The number of aromatic amines is 1. The van der Waals surface area contributed by atoms with Gasteiger partial charge < -0.3 is 31.5 Å². The van der Waals surface area contributed by atoms with Crippen molar-refractivity contribution in [1.29, 1.82) is 0 Å². The molecule has 12 nitrogen and oxygen atoms in total. The van der Waals surface area contributed by atoms with Gasteiger partial charge in [-0.3, -0.25) is 14.6 Å². The van der Waals surface area contributed by atoms with Crippen molar-refractivity contribution in [3.8, 4) is 11.3 Å². The van der Waals surface area contributed by atoms with Crippen molar-refractivity contribution in [2.45, 2.75) is 18.9 Å². The third-order valence-electron chi connectivity index (χ3n) is 5.96. The first-order chi connectivity index (χ1) is 18.9. The Bertz CT molecular complexity index is 1390. The molecule has 0 radical (unpaired) electrons. The molecule has 13 heteroatoms. The molecule has 1 atom stereocenters. The molecule has 2 aromatic carbocycles. The topological polar surface area (TPSA) is 176 Å². The molecule has 8 N–H and O–H groups in total. The molecule has 0 saturated carbocycles. The Morgan fingerprint density at radius 2 is 2.15 bits per heavy atom. The fourth-order valence-electron chi connectivity index (χ4n) is 4.04. The van der Waals surface area contributed by atoms with Gasteiger partial charge in [0.2, 0.25) is 11.8 Å². The zero-order valence-corrected chi connectivity index (χ0v) is 22.0. The minimum absolute atomic E-state index is 0.115. The van der Waals surface area contributed by atoms with Crippen molar-refractivity contribution < 1.29 is 14.3 Å². The van der Waals surface area contributed by atoms with E-state index in [2.05, 4.69) is 31.0 Å². The van der Waals surface area contributed by atoms with Gasteiger partial charge in [-0.2, -0.15) is 5.10 Å². The fraction of sp³-hybridized carbons (Fsp3) is 0.231. The third-order valence-corrected chi connectivity index (χ3v) is 6.20. The number of anilines is 3. The Morgan fingerprint density at radius 3 is 2.95 bits per heavy atom. The van der Waals surface area contributed by atoms with Gasteiger partial charge in [0.15, 0.2) is 0 Å². The third kappa shape index (κ3) is 7.13. The lowest BCUT2D eigenvalue weighted by molar-refractivity contribution is -0.117. The predicted molar refractivity (Wildman–Crippen MR) is 153 cm³/mol. The molecule has 1 unspecified atom stereocenters. The van der Waals surface area contributed by atoms with Crippen LogP contribution in [-0.2, 0) is 14.3 Å². The molecule has 1 aromatic heterocycles. The molecule has 0 aliphatic carbocycles. The van der Waals surface area contributed by atoms with E-state index in [0.717, 1.165) is 11.3 Å². The molecular formula is C26H30ClN9O3. The van der Waals surface area contributed by atoms with Gasteiger partial charge in [0.05, 0.1) is 29.9 Å². The number of benzene rings is 2. The average Bonchev–Trinajstić information content (AvgIpc) is 3.41. The highest BCUT2D eigenvalue weighted by molar-refractivity contribution is 6.30. The van der Waals surface area contributed by atoms with Crippen LogP contribution >= 0.6 is 11.6 Å². The summed E-state index contributed by atoms with van der Waals surface area (Å²) < 4.78 is 5.79.